The number of nitrogens with one attached hydrogen (secondary N) is 1. The van der Waals surface area contributed by atoms with Gasteiger partial charge in [-0.3, -0.25) is 4.79 Å². The molecule has 16 heavy (non-hydrogen) atoms. The van der Waals surface area contributed by atoms with Crippen LogP contribution in [0.15, 0.2) is 0 Å². The highest BCUT2D eigenvalue weighted by Crippen LogP contribution is 2.32. The lowest BCUT2D eigenvalue weighted by Gasteiger charge is -2.31. The van der Waals surface area contributed by atoms with Gasteiger partial charge in [0, 0.05) is 18.1 Å². The standard InChI is InChI=1S/C13H25NO2/c1-4-13(3,8-9-15)14-12(16)11-7-5-6-10(11)2/h10-11,15H,4-9H2,1-3H3,(H,14,16). The number of hydrogen-bond acceptors (Lipinski definition) is 2. The summed E-state index contributed by atoms with van der Waals surface area (Å²) in [5, 5.41) is 12.1. The monoisotopic (exact) mass is 227 g/mol. The van der Waals surface area contributed by atoms with Gasteiger partial charge in [-0.25, -0.2) is 0 Å². The van der Waals surface area contributed by atoms with Gasteiger partial charge < -0.3 is 10.4 Å². The Kier molecular flexibility index (Phi) is 4.78. The average Bonchev–Trinajstić information content (AvgIpc) is 2.65. The van der Waals surface area contributed by atoms with Crippen molar-refractivity contribution >= 4 is 5.91 Å². The van der Waals surface area contributed by atoms with Crippen molar-refractivity contribution in [3.63, 3.8) is 0 Å². The Morgan fingerprint density at radius 2 is 2.19 bits per heavy atom. The summed E-state index contributed by atoms with van der Waals surface area (Å²) < 4.78 is 0. The van der Waals surface area contributed by atoms with Crippen molar-refractivity contribution in [2.75, 3.05) is 6.61 Å². The number of amides is 1. The van der Waals surface area contributed by atoms with E-state index in [0.29, 0.717) is 12.3 Å². The van der Waals surface area contributed by atoms with Crippen LogP contribution in [0, 0.1) is 11.8 Å². The highest BCUT2D eigenvalue weighted by atomic mass is 16.3. The van der Waals surface area contributed by atoms with Gasteiger partial charge in [-0.1, -0.05) is 20.3 Å². The molecule has 0 aromatic rings. The molecule has 0 bridgehead atoms. The second-order valence-electron chi connectivity index (χ2n) is 5.39. The minimum Gasteiger partial charge on any atom is -0.396 e. The molecule has 3 unspecified atom stereocenters. The Balaban J connectivity index is 2.54. The molecule has 0 spiro atoms. The lowest BCUT2D eigenvalue weighted by atomic mass is 9.91. The summed E-state index contributed by atoms with van der Waals surface area (Å²) >= 11 is 0. The quantitative estimate of drug-likeness (QED) is 0.755. The lowest BCUT2D eigenvalue weighted by Crippen LogP contribution is -2.48. The molecule has 0 aliphatic heterocycles. The number of aliphatic hydroxyl groups excluding tert-OH is 1. The minimum absolute atomic E-state index is 0.130. The van der Waals surface area contributed by atoms with Gasteiger partial charge in [0.25, 0.3) is 0 Å². The molecule has 0 saturated heterocycles. The van der Waals surface area contributed by atoms with Crippen LogP contribution in [0.2, 0.25) is 0 Å². The Morgan fingerprint density at radius 3 is 2.62 bits per heavy atom. The number of hydrogen-bond donors (Lipinski definition) is 2. The first-order valence-corrected chi connectivity index (χ1v) is 6.45. The molecule has 94 valence electrons. The number of carbonyl (C=O) groups excluding carboxylic acids is 1. The van der Waals surface area contributed by atoms with Crippen LogP contribution in [0.1, 0.15) is 52.9 Å². The zero-order valence-corrected chi connectivity index (χ0v) is 10.8. The molecule has 1 rings (SSSR count). The predicted octanol–water partition coefficient (Wildman–Crippen LogP) is 2.09. The Morgan fingerprint density at radius 1 is 1.50 bits per heavy atom. The van der Waals surface area contributed by atoms with Crippen molar-refractivity contribution < 1.29 is 9.90 Å². The van der Waals surface area contributed by atoms with Crippen molar-refractivity contribution in [3.8, 4) is 0 Å². The van der Waals surface area contributed by atoms with Crippen LogP contribution in [0.4, 0.5) is 0 Å². The molecular formula is C13H25NO2. The number of rotatable bonds is 5. The van der Waals surface area contributed by atoms with Crippen molar-refractivity contribution in [1.29, 1.82) is 0 Å². The van der Waals surface area contributed by atoms with Gasteiger partial charge in [0.15, 0.2) is 0 Å². The second kappa shape index (κ2) is 5.67. The van der Waals surface area contributed by atoms with E-state index in [2.05, 4.69) is 12.2 Å². The number of carbonyl (C=O) groups is 1. The lowest BCUT2D eigenvalue weighted by molar-refractivity contribution is -0.127. The minimum atomic E-state index is -0.242. The largest absolute Gasteiger partial charge is 0.396 e. The zero-order valence-electron chi connectivity index (χ0n) is 10.8. The van der Waals surface area contributed by atoms with Gasteiger partial charge in [-0.15, -0.1) is 0 Å². The van der Waals surface area contributed by atoms with Crippen molar-refractivity contribution in [1.82, 2.24) is 5.32 Å². The maximum absolute atomic E-state index is 12.1. The highest BCUT2D eigenvalue weighted by Gasteiger charge is 2.33. The summed E-state index contributed by atoms with van der Waals surface area (Å²) in [6.07, 6.45) is 4.85. The summed E-state index contributed by atoms with van der Waals surface area (Å²) in [6, 6.07) is 0. The predicted molar refractivity (Wildman–Crippen MR) is 65.0 cm³/mol. The molecule has 1 aliphatic carbocycles. The van der Waals surface area contributed by atoms with Crippen molar-refractivity contribution in [3.05, 3.63) is 0 Å². The molecule has 0 heterocycles. The van der Waals surface area contributed by atoms with E-state index in [1.807, 2.05) is 13.8 Å². The summed E-state index contributed by atoms with van der Waals surface area (Å²) in [7, 11) is 0. The molecule has 0 aromatic heterocycles. The average molecular weight is 227 g/mol. The third-order valence-corrected chi connectivity index (χ3v) is 4.07. The SMILES string of the molecule is CCC(C)(CCO)NC(=O)C1CCCC1C. The van der Waals surface area contributed by atoms with Gasteiger partial charge in [-0.2, -0.15) is 0 Å². The molecule has 0 aromatic carbocycles. The highest BCUT2D eigenvalue weighted by molar-refractivity contribution is 5.80. The Hall–Kier alpha value is -0.570. The van der Waals surface area contributed by atoms with E-state index in [1.165, 1.54) is 12.8 Å². The van der Waals surface area contributed by atoms with E-state index < -0.39 is 0 Å². The first-order chi connectivity index (χ1) is 7.52. The third kappa shape index (κ3) is 3.21. The molecule has 1 saturated carbocycles. The van der Waals surface area contributed by atoms with Crippen LogP contribution in [0.25, 0.3) is 0 Å². The molecular weight excluding hydrogens is 202 g/mol. The zero-order chi connectivity index (χ0) is 12.2. The van der Waals surface area contributed by atoms with Crippen LogP contribution >= 0.6 is 0 Å². The smallest absolute Gasteiger partial charge is 0.223 e. The third-order valence-electron chi connectivity index (χ3n) is 4.07. The summed E-state index contributed by atoms with van der Waals surface area (Å²) in [5.41, 5.74) is -0.242. The van der Waals surface area contributed by atoms with Crippen molar-refractivity contribution in [2.45, 2.75) is 58.4 Å². The Labute approximate surface area is 98.6 Å². The molecule has 1 amide bonds. The maximum Gasteiger partial charge on any atom is 0.223 e. The molecule has 3 heteroatoms. The topological polar surface area (TPSA) is 49.3 Å². The van der Waals surface area contributed by atoms with E-state index in [0.717, 1.165) is 12.8 Å². The van der Waals surface area contributed by atoms with Crippen LogP contribution < -0.4 is 5.32 Å². The summed E-state index contributed by atoms with van der Waals surface area (Å²) in [5.74, 6) is 0.877. The second-order valence-corrected chi connectivity index (χ2v) is 5.39. The van der Waals surface area contributed by atoms with Gasteiger partial charge in [-0.05, 0) is 38.5 Å². The van der Waals surface area contributed by atoms with E-state index >= 15 is 0 Å². The van der Waals surface area contributed by atoms with Crippen LogP contribution in [0.5, 0.6) is 0 Å². The molecule has 0 radical (unpaired) electrons. The molecule has 2 N–H and O–H groups in total. The summed E-state index contributed by atoms with van der Waals surface area (Å²) in [6.45, 7) is 6.35. The van der Waals surface area contributed by atoms with E-state index in [-0.39, 0.29) is 24.0 Å². The normalized spacial score (nSPS) is 28.8. The Bertz CT molecular complexity index is 242. The van der Waals surface area contributed by atoms with Gasteiger partial charge in [0.05, 0.1) is 0 Å². The molecule has 1 aliphatic rings. The fourth-order valence-corrected chi connectivity index (χ4v) is 2.50. The van der Waals surface area contributed by atoms with Gasteiger partial charge in [0.1, 0.15) is 0 Å². The van der Waals surface area contributed by atoms with Gasteiger partial charge in [0.2, 0.25) is 5.91 Å². The van der Waals surface area contributed by atoms with Crippen molar-refractivity contribution in [2.24, 2.45) is 11.8 Å². The fourth-order valence-electron chi connectivity index (χ4n) is 2.50. The van der Waals surface area contributed by atoms with Crippen LogP contribution in [-0.4, -0.2) is 23.2 Å². The van der Waals surface area contributed by atoms with E-state index in [1.54, 1.807) is 0 Å². The van der Waals surface area contributed by atoms with E-state index in [9.17, 15) is 4.79 Å². The molecule has 1 fully saturated rings. The van der Waals surface area contributed by atoms with Crippen LogP contribution in [-0.2, 0) is 4.79 Å². The fraction of sp³-hybridized carbons (Fsp3) is 0.923. The summed E-state index contributed by atoms with van der Waals surface area (Å²) in [4.78, 5) is 12.1. The molecule has 3 atom stereocenters. The maximum atomic E-state index is 12.1. The number of aliphatic hydroxyl groups is 1. The first-order valence-electron chi connectivity index (χ1n) is 6.45. The van der Waals surface area contributed by atoms with E-state index in [4.69, 9.17) is 5.11 Å². The first kappa shape index (κ1) is 13.5. The molecule has 3 nitrogen and oxygen atoms in total. The van der Waals surface area contributed by atoms with Crippen LogP contribution in [0.3, 0.4) is 0 Å². The van der Waals surface area contributed by atoms with Gasteiger partial charge >= 0.3 is 0 Å².